The third kappa shape index (κ3) is 4.60. The van der Waals surface area contributed by atoms with Gasteiger partial charge in [0.1, 0.15) is 0 Å². The first-order valence-corrected chi connectivity index (χ1v) is 6.24. The van der Waals surface area contributed by atoms with Gasteiger partial charge in [-0.25, -0.2) is 0 Å². The van der Waals surface area contributed by atoms with Crippen molar-refractivity contribution in [2.45, 2.75) is 26.4 Å². The monoisotopic (exact) mass is 286 g/mol. The molecule has 4 heteroatoms. The fourth-order valence-electron chi connectivity index (χ4n) is 1.47. The van der Waals surface area contributed by atoms with E-state index in [1.54, 1.807) is 13.3 Å². The summed E-state index contributed by atoms with van der Waals surface area (Å²) in [6.45, 7) is 5.93. The predicted molar refractivity (Wildman–Crippen MR) is 69.3 cm³/mol. The van der Waals surface area contributed by atoms with E-state index in [0.29, 0.717) is 12.0 Å². The fourth-order valence-corrected chi connectivity index (χ4v) is 1.88. The molecule has 0 bridgehead atoms. The molecule has 0 amide bonds. The van der Waals surface area contributed by atoms with E-state index in [9.17, 15) is 0 Å². The van der Waals surface area contributed by atoms with E-state index < -0.39 is 0 Å². The number of hydrogen-bond donors (Lipinski definition) is 1. The van der Waals surface area contributed by atoms with Crippen LogP contribution in [0.15, 0.2) is 22.9 Å². The Bertz CT molecular complexity index is 318. The molecule has 1 aromatic heterocycles. The lowest BCUT2D eigenvalue weighted by Gasteiger charge is -2.21. The lowest BCUT2D eigenvalue weighted by atomic mass is 10.1. The largest absolute Gasteiger partial charge is 0.383 e. The molecular weight excluding hydrogens is 268 g/mol. The average molecular weight is 287 g/mol. The number of halogens is 1. The van der Waals surface area contributed by atoms with Gasteiger partial charge < -0.3 is 10.1 Å². The Labute approximate surface area is 106 Å². The molecule has 1 rings (SSSR count). The van der Waals surface area contributed by atoms with E-state index >= 15 is 0 Å². The molecule has 0 aliphatic heterocycles. The number of aromatic nitrogens is 1. The molecule has 0 aliphatic rings. The second-order valence-electron chi connectivity index (χ2n) is 4.20. The number of methoxy groups -OCH3 is 1. The van der Waals surface area contributed by atoms with Gasteiger partial charge >= 0.3 is 0 Å². The molecule has 0 radical (unpaired) electrons. The van der Waals surface area contributed by atoms with Crippen LogP contribution in [0.2, 0.25) is 0 Å². The number of nitrogens with one attached hydrogen (secondary N) is 1. The van der Waals surface area contributed by atoms with Crippen LogP contribution in [-0.2, 0) is 11.3 Å². The zero-order chi connectivity index (χ0) is 12.0. The maximum atomic E-state index is 5.19. The van der Waals surface area contributed by atoms with Gasteiger partial charge in [-0.2, -0.15) is 0 Å². The topological polar surface area (TPSA) is 34.1 Å². The first-order valence-electron chi connectivity index (χ1n) is 5.45. The average Bonchev–Trinajstić information content (AvgIpc) is 2.24. The Kier molecular flexibility index (Phi) is 5.95. The van der Waals surface area contributed by atoms with Crippen LogP contribution in [0.25, 0.3) is 0 Å². The highest BCUT2D eigenvalue weighted by Crippen LogP contribution is 2.10. The van der Waals surface area contributed by atoms with E-state index in [2.05, 4.69) is 46.1 Å². The molecule has 16 heavy (non-hydrogen) atoms. The second-order valence-corrected chi connectivity index (χ2v) is 5.11. The molecular formula is C12H19BrN2O. The summed E-state index contributed by atoms with van der Waals surface area (Å²) in [5, 5.41) is 3.48. The van der Waals surface area contributed by atoms with Crippen molar-refractivity contribution < 1.29 is 4.74 Å². The third-order valence-electron chi connectivity index (χ3n) is 2.48. The minimum absolute atomic E-state index is 0.379. The van der Waals surface area contributed by atoms with Gasteiger partial charge in [-0.05, 0) is 33.5 Å². The summed E-state index contributed by atoms with van der Waals surface area (Å²) in [5.41, 5.74) is 1.18. The zero-order valence-electron chi connectivity index (χ0n) is 10.0. The molecule has 0 aliphatic carbocycles. The van der Waals surface area contributed by atoms with Crippen molar-refractivity contribution in [3.8, 4) is 0 Å². The van der Waals surface area contributed by atoms with Gasteiger partial charge in [0.25, 0.3) is 0 Å². The van der Waals surface area contributed by atoms with Crippen LogP contribution in [0, 0.1) is 5.92 Å². The summed E-state index contributed by atoms with van der Waals surface area (Å²) in [6.07, 6.45) is 3.67. The second kappa shape index (κ2) is 6.99. The smallest absolute Gasteiger partial charge is 0.0618 e. The Balaban J connectivity index is 2.48. The Morgan fingerprint density at radius 3 is 2.75 bits per heavy atom. The summed E-state index contributed by atoms with van der Waals surface area (Å²) in [7, 11) is 1.73. The van der Waals surface area contributed by atoms with Crippen molar-refractivity contribution in [2.75, 3.05) is 13.7 Å². The Hall–Kier alpha value is -0.450. The molecule has 0 fully saturated rings. The molecule has 0 saturated heterocycles. The van der Waals surface area contributed by atoms with Gasteiger partial charge in [0, 0.05) is 36.6 Å². The van der Waals surface area contributed by atoms with Gasteiger partial charge in [0.05, 0.1) is 6.61 Å². The Morgan fingerprint density at radius 2 is 2.19 bits per heavy atom. The molecule has 0 saturated carbocycles. The van der Waals surface area contributed by atoms with E-state index in [1.165, 1.54) is 5.56 Å². The van der Waals surface area contributed by atoms with Crippen molar-refractivity contribution in [3.05, 3.63) is 28.5 Å². The standard InChI is InChI=1S/C12H19BrN2O/c1-9(2)12(8-16-3)15-6-10-4-11(13)7-14-5-10/h4-5,7,9,12,15H,6,8H2,1-3H3. The molecule has 1 N–H and O–H groups in total. The van der Waals surface area contributed by atoms with Crippen LogP contribution < -0.4 is 5.32 Å². The lowest BCUT2D eigenvalue weighted by molar-refractivity contribution is 0.146. The fraction of sp³-hybridized carbons (Fsp3) is 0.583. The van der Waals surface area contributed by atoms with Crippen molar-refractivity contribution in [3.63, 3.8) is 0 Å². The third-order valence-corrected chi connectivity index (χ3v) is 2.91. The quantitative estimate of drug-likeness (QED) is 0.873. The van der Waals surface area contributed by atoms with Crippen molar-refractivity contribution in [2.24, 2.45) is 5.92 Å². The van der Waals surface area contributed by atoms with E-state index in [0.717, 1.165) is 17.6 Å². The van der Waals surface area contributed by atoms with E-state index in [4.69, 9.17) is 4.74 Å². The van der Waals surface area contributed by atoms with Crippen molar-refractivity contribution in [1.82, 2.24) is 10.3 Å². The number of nitrogens with zero attached hydrogens (tertiary/aromatic N) is 1. The maximum absolute atomic E-state index is 5.19. The molecule has 3 nitrogen and oxygen atoms in total. The molecule has 1 unspecified atom stereocenters. The maximum Gasteiger partial charge on any atom is 0.0618 e. The summed E-state index contributed by atoms with van der Waals surface area (Å²) >= 11 is 3.41. The van der Waals surface area contributed by atoms with Crippen LogP contribution in [0.3, 0.4) is 0 Å². The number of pyridine rings is 1. The van der Waals surface area contributed by atoms with Crippen LogP contribution >= 0.6 is 15.9 Å². The minimum Gasteiger partial charge on any atom is -0.383 e. The highest BCUT2D eigenvalue weighted by Gasteiger charge is 2.12. The van der Waals surface area contributed by atoms with Gasteiger partial charge in [-0.3, -0.25) is 4.98 Å². The minimum atomic E-state index is 0.379. The lowest BCUT2D eigenvalue weighted by Crippen LogP contribution is -2.37. The Morgan fingerprint density at radius 1 is 1.44 bits per heavy atom. The zero-order valence-corrected chi connectivity index (χ0v) is 11.6. The SMILES string of the molecule is COCC(NCc1cncc(Br)c1)C(C)C. The summed E-state index contributed by atoms with van der Waals surface area (Å²) in [4.78, 5) is 4.13. The van der Waals surface area contributed by atoms with Gasteiger partial charge in [0.2, 0.25) is 0 Å². The van der Waals surface area contributed by atoms with Crippen molar-refractivity contribution >= 4 is 15.9 Å². The number of hydrogen-bond acceptors (Lipinski definition) is 3. The first kappa shape index (κ1) is 13.6. The van der Waals surface area contributed by atoms with Crippen LogP contribution in [0.4, 0.5) is 0 Å². The van der Waals surface area contributed by atoms with Gasteiger partial charge in [0.15, 0.2) is 0 Å². The molecule has 1 heterocycles. The van der Waals surface area contributed by atoms with Crippen LogP contribution in [0.5, 0.6) is 0 Å². The van der Waals surface area contributed by atoms with Crippen LogP contribution in [-0.4, -0.2) is 24.7 Å². The molecule has 90 valence electrons. The first-order chi connectivity index (χ1) is 7.63. The summed E-state index contributed by atoms with van der Waals surface area (Å²) in [5.74, 6) is 0.556. The number of rotatable bonds is 6. The molecule has 1 aromatic rings. The van der Waals surface area contributed by atoms with Gasteiger partial charge in [-0.15, -0.1) is 0 Å². The molecule has 1 atom stereocenters. The highest BCUT2D eigenvalue weighted by atomic mass is 79.9. The molecule has 0 aromatic carbocycles. The molecule has 0 spiro atoms. The predicted octanol–water partition coefficient (Wildman–Crippen LogP) is 2.60. The highest BCUT2D eigenvalue weighted by molar-refractivity contribution is 9.10. The summed E-state index contributed by atoms with van der Waals surface area (Å²) < 4.78 is 6.20. The van der Waals surface area contributed by atoms with E-state index in [1.807, 2.05) is 6.20 Å². The van der Waals surface area contributed by atoms with Crippen LogP contribution in [0.1, 0.15) is 19.4 Å². The summed E-state index contributed by atoms with van der Waals surface area (Å²) in [6, 6.07) is 2.45. The van der Waals surface area contributed by atoms with Gasteiger partial charge in [-0.1, -0.05) is 13.8 Å². The normalized spacial score (nSPS) is 13.1. The van der Waals surface area contributed by atoms with Crippen molar-refractivity contribution in [1.29, 1.82) is 0 Å². The number of ether oxygens (including phenoxy) is 1. The van der Waals surface area contributed by atoms with E-state index in [-0.39, 0.29) is 0 Å².